The smallest absolute Gasteiger partial charge is 0.229 e. The number of fused-ring (bicyclic) bond motifs is 1. The Bertz CT molecular complexity index is 535. The fourth-order valence-corrected chi connectivity index (χ4v) is 2.26. The van der Waals surface area contributed by atoms with Crippen molar-refractivity contribution in [3.8, 4) is 6.07 Å². The normalized spacial score (nSPS) is 17.3. The van der Waals surface area contributed by atoms with E-state index in [0.29, 0.717) is 24.3 Å². The molecule has 90 valence electrons. The molecule has 0 saturated heterocycles. The predicted octanol–water partition coefficient (Wildman–Crippen LogP) is 1.45. The molecule has 17 heavy (non-hydrogen) atoms. The van der Waals surface area contributed by atoms with Crippen LogP contribution in [0.5, 0.6) is 0 Å². The van der Waals surface area contributed by atoms with Crippen LogP contribution in [-0.4, -0.2) is 16.1 Å². The number of rotatable bonds is 0. The van der Waals surface area contributed by atoms with Gasteiger partial charge in [-0.15, -0.1) is 0 Å². The molecule has 0 radical (unpaired) electrons. The first-order chi connectivity index (χ1) is 7.87. The minimum atomic E-state index is -0.325. The van der Waals surface area contributed by atoms with Gasteiger partial charge in [-0.05, 0) is 19.4 Å². The second-order valence-electron chi connectivity index (χ2n) is 4.88. The van der Waals surface area contributed by atoms with Crippen LogP contribution in [0.1, 0.15) is 42.4 Å². The number of nitriles is 1. The maximum absolute atomic E-state index is 11.5. The van der Waals surface area contributed by atoms with Gasteiger partial charge in [0.2, 0.25) is 5.91 Å². The molecule has 0 saturated carbocycles. The van der Waals surface area contributed by atoms with E-state index < -0.39 is 0 Å². The van der Waals surface area contributed by atoms with E-state index in [1.165, 1.54) is 11.5 Å². The van der Waals surface area contributed by atoms with Crippen LogP contribution in [0.25, 0.3) is 0 Å². The maximum atomic E-state index is 11.5. The Hall–Kier alpha value is -1.80. The molecule has 1 aliphatic heterocycles. The Morgan fingerprint density at radius 3 is 2.76 bits per heavy atom. The second-order valence-corrected chi connectivity index (χ2v) is 4.88. The molecule has 5 nitrogen and oxygen atoms in total. The third kappa shape index (κ3) is 1.71. The molecule has 0 fully saturated rings. The molecule has 1 aromatic rings. The highest BCUT2D eigenvalue weighted by molar-refractivity contribution is 5.83. The third-order valence-corrected chi connectivity index (χ3v) is 3.05. The summed E-state index contributed by atoms with van der Waals surface area (Å²) >= 11 is 0. The van der Waals surface area contributed by atoms with Gasteiger partial charge in [-0.25, -0.2) is 0 Å². The van der Waals surface area contributed by atoms with Crippen LogP contribution in [0.3, 0.4) is 0 Å². The van der Waals surface area contributed by atoms with Gasteiger partial charge in [0.1, 0.15) is 11.9 Å². The van der Waals surface area contributed by atoms with Gasteiger partial charge < -0.3 is 10.5 Å². The second kappa shape index (κ2) is 3.60. The van der Waals surface area contributed by atoms with Gasteiger partial charge >= 0.3 is 0 Å². The van der Waals surface area contributed by atoms with Gasteiger partial charge in [0.25, 0.3) is 0 Å². The number of nitrogens with zero attached hydrogens (tertiary/aromatic N) is 2. The first kappa shape index (κ1) is 11.7. The highest BCUT2D eigenvalue weighted by Crippen LogP contribution is 2.34. The number of carbonyl (C=O) groups is 1. The molecule has 2 rings (SSSR count). The van der Waals surface area contributed by atoms with E-state index in [1.54, 1.807) is 0 Å². The molecule has 0 bridgehead atoms. The van der Waals surface area contributed by atoms with Gasteiger partial charge in [0.05, 0.1) is 23.5 Å². The van der Waals surface area contributed by atoms with Crippen LogP contribution in [0, 0.1) is 11.3 Å². The van der Waals surface area contributed by atoms with Crippen molar-refractivity contribution in [3.05, 3.63) is 16.8 Å². The van der Waals surface area contributed by atoms with Crippen molar-refractivity contribution in [1.29, 1.82) is 5.26 Å². The summed E-state index contributed by atoms with van der Waals surface area (Å²) in [6, 6.07) is 2.08. The zero-order chi connectivity index (χ0) is 12.8. The fraction of sp³-hybridized carbons (Fsp3) is 0.500. The molecule has 0 atom stereocenters. The summed E-state index contributed by atoms with van der Waals surface area (Å²) in [5.41, 5.74) is 7.49. The van der Waals surface area contributed by atoms with Crippen LogP contribution in [-0.2, 0) is 17.8 Å². The molecular weight excluding hydrogens is 218 g/mol. The number of nitrogens with two attached hydrogens (primary N) is 1. The van der Waals surface area contributed by atoms with E-state index in [2.05, 4.69) is 6.07 Å². The molecule has 5 heteroatoms. The third-order valence-electron chi connectivity index (χ3n) is 3.05. The van der Waals surface area contributed by atoms with E-state index in [9.17, 15) is 4.79 Å². The number of carbonyl (C=O) groups excluding carboxylic acids is 1. The molecule has 0 aliphatic carbocycles. The molecular formula is C12H15N3O2. The van der Waals surface area contributed by atoms with Crippen LogP contribution in [0.4, 0.5) is 5.82 Å². The summed E-state index contributed by atoms with van der Waals surface area (Å²) in [7, 11) is 0. The summed E-state index contributed by atoms with van der Waals surface area (Å²) in [4.78, 5) is 11.5. The van der Waals surface area contributed by atoms with Crippen molar-refractivity contribution < 1.29 is 9.53 Å². The molecule has 0 aromatic carbocycles. The molecule has 0 amide bonds. The molecule has 1 aliphatic rings. The van der Waals surface area contributed by atoms with Gasteiger partial charge in [0, 0.05) is 13.3 Å². The molecule has 0 unspecified atom stereocenters. The molecule has 1 aromatic heterocycles. The molecule has 0 spiro atoms. The van der Waals surface area contributed by atoms with Crippen molar-refractivity contribution in [3.63, 3.8) is 0 Å². The highest BCUT2D eigenvalue weighted by atomic mass is 16.5. The van der Waals surface area contributed by atoms with E-state index in [1.807, 2.05) is 13.8 Å². The number of aromatic nitrogens is 1. The minimum Gasteiger partial charge on any atom is -0.384 e. The standard InChI is InChI=1S/C12H15N3O2/c1-7(16)15-10-6-17-12(2,3)4-8(10)9(5-13)11(15)14/h4,6,14H2,1-3H3. The summed E-state index contributed by atoms with van der Waals surface area (Å²) < 4.78 is 7.04. The Morgan fingerprint density at radius 1 is 1.59 bits per heavy atom. The Balaban J connectivity index is 2.67. The minimum absolute atomic E-state index is 0.191. The van der Waals surface area contributed by atoms with Gasteiger partial charge in [-0.1, -0.05) is 0 Å². The zero-order valence-electron chi connectivity index (χ0n) is 10.2. The largest absolute Gasteiger partial charge is 0.384 e. The first-order valence-electron chi connectivity index (χ1n) is 5.44. The lowest BCUT2D eigenvalue weighted by Crippen LogP contribution is -2.33. The summed E-state index contributed by atoms with van der Waals surface area (Å²) in [5.74, 6) is 0.0369. The van der Waals surface area contributed by atoms with E-state index in [0.717, 1.165) is 5.56 Å². The molecule has 2 N–H and O–H groups in total. The summed E-state index contributed by atoms with van der Waals surface area (Å²) in [5, 5.41) is 9.14. The summed E-state index contributed by atoms with van der Waals surface area (Å²) in [6.45, 7) is 5.65. The number of nitrogen functional groups attached to an aromatic ring is 1. The summed E-state index contributed by atoms with van der Waals surface area (Å²) in [6.07, 6.45) is 0.593. The SMILES string of the molecule is CC(=O)n1c(N)c(C#N)c2c1COC(C)(C)C2. The lowest BCUT2D eigenvalue weighted by Gasteiger charge is -2.30. The van der Waals surface area contributed by atoms with Crippen molar-refractivity contribution >= 4 is 11.7 Å². The number of hydrogen-bond acceptors (Lipinski definition) is 4. The van der Waals surface area contributed by atoms with Crippen LogP contribution in [0.15, 0.2) is 0 Å². The first-order valence-corrected chi connectivity index (χ1v) is 5.44. The fourth-order valence-electron chi connectivity index (χ4n) is 2.26. The Kier molecular flexibility index (Phi) is 2.48. The van der Waals surface area contributed by atoms with E-state index >= 15 is 0 Å². The number of hydrogen-bond donors (Lipinski definition) is 1. The van der Waals surface area contributed by atoms with Crippen molar-refractivity contribution in [2.45, 2.75) is 39.4 Å². The Morgan fingerprint density at radius 2 is 2.24 bits per heavy atom. The van der Waals surface area contributed by atoms with E-state index in [-0.39, 0.29) is 17.3 Å². The van der Waals surface area contributed by atoms with Gasteiger partial charge in [-0.3, -0.25) is 9.36 Å². The van der Waals surface area contributed by atoms with Gasteiger partial charge in [0.15, 0.2) is 0 Å². The lowest BCUT2D eigenvalue weighted by molar-refractivity contribution is -0.0425. The average molecular weight is 233 g/mol. The van der Waals surface area contributed by atoms with Crippen molar-refractivity contribution in [2.24, 2.45) is 0 Å². The number of ether oxygens (including phenoxy) is 1. The Labute approximate surface area is 99.8 Å². The lowest BCUT2D eigenvalue weighted by atomic mass is 9.93. The van der Waals surface area contributed by atoms with Gasteiger partial charge in [-0.2, -0.15) is 5.26 Å². The quantitative estimate of drug-likeness (QED) is 0.735. The maximum Gasteiger partial charge on any atom is 0.229 e. The zero-order valence-corrected chi connectivity index (χ0v) is 10.2. The van der Waals surface area contributed by atoms with Crippen LogP contribution < -0.4 is 5.73 Å². The molecule has 2 heterocycles. The average Bonchev–Trinajstić information content (AvgIpc) is 2.47. The monoisotopic (exact) mass is 233 g/mol. The van der Waals surface area contributed by atoms with Crippen molar-refractivity contribution in [1.82, 2.24) is 4.57 Å². The topological polar surface area (TPSA) is 81.0 Å². The highest BCUT2D eigenvalue weighted by Gasteiger charge is 2.33. The van der Waals surface area contributed by atoms with E-state index in [4.69, 9.17) is 15.7 Å². The number of anilines is 1. The van der Waals surface area contributed by atoms with Crippen LogP contribution in [0.2, 0.25) is 0 Å². The predicted molar refractivity (Wildman–Crippen MR) is 62.4 cm³/mol. The van der Waals surface area contributed by atoms with Crippen molar-refractivity contribution in [2.75, 3.05) is 5.73 Å². The van der Waals surface area contributed by atoms with Crippen LogP contribution >= 0.6 is 0 Å².